The van der Waals surface area contributed by atoms with Gasteiger partial charge in [-0.05, 0) is 42.5 Å². The van der Waals surface area contributed by atoms with Crippen LogP contribution in [0.25, 0.3) is 0 Å². The molecule has 2 aliphatic rings. The van der Waals surface area contributed by atoms with Crippen molar-refractivity contribution in [2.45, 2.75) is 32.2 Å². The quantitative estimate of drug-likeness (QED) is 0.833. The number of anilines is 1. The summed E-state index contributed by atoms with van der Waals surface area (Å²) in [6.07, 6.45) is 2.68. The molecule has 134 valence electrons. The van der Waals surface area contributed by atoms with Gasteiger partial charge in [0.2, 0.25) is 5.91 Å². The number of hydrogen-bond donors (Lipinski definition) is 0. The van der Waals surface area contributed by atoms with Gasteiger partial charge in [-0.15, -0.1) is 0 Å². The van der Waals surface area contributed by atoms with E-state index in [0.717, 1.165) is 37.2 Å². The molecule has 4 nitrogen and oxygen atoms in total. The van der Waals surface area contributed by atoms with Gasteiger partial charge in [0.25, 0.3) is 5.91 Å². The second-order valence-corrected chi connectivity index (χ2v) is 7.40. The number of amides is 2. The van der Waals surface area contributed by atoms with Crippen LogP contribution in [-0.2, 0) is 11.2 Å². The van der Waals surface area contributed by atoms with Gasteiger partial charge in [-0.1, -0.05) is 43.3 Å². The highest BCUT2D eigenvalue weighted by atomic mass is 16.2. The molecule has 4 rings (SSSR count). The van der Waals surface area contributed by atoms with Crippen LogP contribution in [0.4, 0.5) is 5.69 Å². The van der Waals surface area contributed by atoms with Gasteiger partial charge >= 0.3 is 0 Å². The fourth-order valence-corrected chi connectivity index (χ4v) is 3.99. The van der Waals surface area contributed by atoms with Crippen LogP contribution in [0.3, 0.4) is 0 Å². The molecule has 26 heavy (non-hydrogen) atoms. The standard InChI is InChI=1S/C22H24N2O2/c1-16-11-13-23(14-12-16)22(26)20-15-18-9-5-6-10-19(18)24(20)21(25)17-7-3-2-4-8-17/h2-10,16,20H,11-15H2,1H3. The van der Waals surface area contributed by atoms with Crippen LogP contribution in [0, 0.1) is 5.92 Å². The van der Waals surface area contributed by atoms with Crippen molar-refractivity contribution in [3.8, 4) is 0 Å². The lowest BCUT2D eigenvalue weighted by Gasteiger charge is -2.34. The summed E-state index contributed by atoms with van der Waals surface area (Å²) < 4.78 is 0. The molecule has 0 radical (unpaired) electrons. The number of para-hydroxylation sites is 1. The van der Waals surface area contributed by atoms with E-state index in [1.165, 1.54) is 0 Å². The monoisotopic (exact) mass is 348 g/mol. The van der Waals surface area contributed by atoms with E-state index >= 15 is 0 Å². The third kappa shape index (κ3) is 3.00. The second-order valence-electron chi connectivity index (χ2n) is 7.40. The van der Waals surface area contributed by atoms with Crippen molar-refractivity contribution in [2.75, 3.05) is 18.0 Å². The van der Waals surface area contributed by atoms with Crippen molar-refractivity contribution >= 4 is 17.5 Å². The second kappa shape index (κ2) is 6.94. The Morgan fingerprint density at radius 1 is 0.923 bits per heavy atom. The van der Waals surface area contributed by atoms with Gasteiger partial charge in [-0.3, -0.25) is 14.5 Å². The molecule has 2 aromatic carbocycles. The Morgan fingerprint density at radius 2 is 1.58 bits per heavy atom. The lowest BCUT2D eigenvalue weighted by Crippen LogP contribution is -2.51. The van der Waals surface area contributed by atoms with Crippen LogP contribution in [0.2, 0.25) is 0 Å². The van der Waals surface area contributed by atoms with Gasteiger partial charge in [0.05, 0.1) is 0 Å². The maximum absolute atomic E-state index is 13.3. The van der Waals surface area contributed by atoms with Crippen molar-refractivity contribution in [1.82, 2.24) is 4.90 Å². The topological polar surface area (TPSA) is 40.6 Å². The highest BCUT2D eigenvalue weighted by Crippen LogP contribution is 2.34. The molecule has 1 atom stereocenters. The van der Waals surface area contributed by atoms with E-state index in [0.29, 0.717) is 17.9 Å². The Labute approximate surface area is 154 Å². The average Bonchev–Trinajstić information content (AvgIpc) is 3.07. The molecule has 0 N–H and O–H groups in total. The number of nitrogens with zero attached hydrogens (tertiary/aromatic N) is 2. The summed E-state index contributed by atoms with van der Waals surface area (Å²) in [7, 11) is 0. The number of likely N-dealkylation sites (tertiary alicyclic amines) is 1. The number of hydrogen-bond acceptors (Lipinski definition) is 2. The van der Waals surface area contributed by atoms with Crippen molar-refractivity contribution in [3.05, 3.63) is 65.7 Å². The van der Waals surface area contributed by atoms with Crippen molar-refractivity contribution < 1.29 is 9.59 Å². The molecule has 0 spiro atoms. The predicted molar refractivity (Wildman–Crippen MR) is 102 cm³/mol. The van der Waals surface area contributed by atoms with Crippen LogP contribution in [-0.4, -0.2) is 35.8 Å². The van der Waals surface area contributed by atoms with Gasteiger partial charge in [0.1, 0.15) is 6.04 Å². The largest absolute Gasteiger partial charge is 0.341 e. The third-order valence-electron chi connectivity index (χ3n) is 5.60. The number of carbonyl (C=O) groups excluding carboxylic acids is 2. The molecule has 1 saturated heterocycles. The Balaban J connectivity index is 1.65. The minimum atomic E-state index is -0.437. The summed E-state index contributed by atoms with van der Waals surface area (Å²) in [5.74, 6) is 0.651. The molecule has 1 fully saturated rings. The Kier molecular flexibility index (Phi) is 4.49. The highest BCUT2D eigenvalue weighted by Gasteiger charge is 2.40. The Bertz CT molecular complexity index is 810. The van der Waals surface area contributed by atoms with Crippen LogP contribution in [0.5, 0.6) is 0 Å². The van der Waals surface area contributed by atoms with Gasteiger partial charge in [0.15, 0.2) is 0 Å². The molecule has 2 heterocycles. The molecular formula is C22H24N2O2. The van der Waals surface area contributed by atoms with Crippen LogP contribution in [0.1, 0.15) is 35.7 Å². The molecule has 2 aromatic rings. The number of fused-ring (bicyclic) bond motifs is 1. The van der Waals surface area contributed by atoms with Crippen molar-refractivity contribution in [2.24, 2.45) is 5.92 Å². The first-order valence-corrected chi connectivity index (χ1v) is 9.40. The summed E-state index contributed by atoms with van der Waals surface area (Å²) in [6.45, 7) is 3.82. The zero-order valence-corrected chi connectivity index (χ0v) is 15.1. The first-order valence-electron chi connectivity index (χ1n) is 9.40. The molecule has 1 unspecified atom stereocenters. The fourth-order valence-electron chi connectivity index (χ4n) is 3.99. The maximum atomic E-state index is 13.3. The number of piperidine rings is 1. The van der Waals surface area contributed by atoms with Crippen LogP contribution in [0.15, 0.2) is 54.6 Å². The average molecular weight is 348 g/mol. The van der Waals surface area contributed by atoms with E-state index in [-0.39, 0.29) is 11.8 Å². The van der Waals surface area contributed by atoms with Gasteiger partial charge in [-0.2, -0.15) is 0 Å². The summed E-state index contributed by atoms with van der Waals surface area (Å²) in [6, 6.07) is 16.7. The first-order chi connectivity index (χ1) is 12.6. The van der Waals surface area contributed by atoms with Crippen molar-refractivity contribution in [1.29, 1.82) is 0 Å². The molecule has 2 aliphatic heterocycles. The van der Waals surface area contributed by atoms with Gasteiger partial charge in [-0.25, -0.2) is 0 Å². The fraction of sp³-hybridized carbons (Fsp3) is 0.364. The lowest BCUT2D eigenvalue weighted by molar-refractivity contribution is -0.133. The minimum absolute atomic E-state index is 0.0809. The Morgan fingerprint density at radius 3 is 2.31 bits per heavy atom. The summed E-state index contributed by atoms with van der Waals surface area (Å²) >= 11 is 0. The SMILES string of the molecule is CC1CCN(C(=O)C2Cc3ccccc3N2C(=O)c2ccccc2)CC1. The van der Waals surface area contributed by atoms with E-state index in [4.69, 9.17) is 0 Å². The molecular weight excluding hydrogens is 324 g/mol. The number of benzene rings is 2. The summed E-state index contributed by atoms with van der Waals surface area (Å²) in [5.41, 5.74) is 2.56. The minimum Gasteiger partial charge on any atom is -0.341 e. The molecule has 0 bridgehead atoms. The predicted octanol–water partition coefficient (Wildman–Crippen LogP) is 3.52. The molecule has 0 aromatic heterocycles. The van der Waals surface area contributed by atoms with Gasteiger partial charge in [0, 0.05) is 30.8 Å². The molecule has 4 heteroatoms. The number of rotatable bonds is 2. The van der Waals surface area contributed by atoms with Crippen LogP contribution >= 0.6 is 0 Å². The lowest BCUT2D eigenvalue weighted by atomic mass is 9.98. The van der Waals surface area contributed by atoms with Crippen molar-refractivity contribution in [3.63, 3.8) is 0 Å². The zero-order chi connectivity index (χ0) is 18.1. The Hall–Kier alpha value is -2.62. The van der Waals surface area contributed by atoms with E-state index in [9.17, 15) is 9.59 Å². The third-order valence-corrected chi connectivity index (χ3v) is 5.60. The normalized spacial score (nSPS) is 20.1. The van der Waals surface area contributed by atoms with Gasteiger partial charge < -0.3 is 4.90 Å². The highest BCUT2D eigenvalue weighted by molar-refractivity contribution is 6.11. The van der Waals surface area contributed by atoms with E-state index < -0.39 is 6.04 Å². The molecule has 0 saturated carbocycles. The maximum Gasteiger partial charge on any atom is 0.259 e. The van der Waals surface area contributed by atoms with E-state index in [1.54, 1.807) is 4.90 Å². The summed E-state index contributed by atoms with van der Waals surface area (Å²) in [4.78, 5) is 30.1. The van der Waals surface area contributed by atoms with Crippen LogP contribution < -0.4 is 4.90 Å². The summed E-state index contributed by atoms with van der Waals surface area (Å²) in [5, 5.41) is 0. The van der Waals surface area contributed by atoms with E-state index in [2.05, 4.69) is 6.92 Å². The molecule has 2 amide bonds. The molecule has 0 aliphatic carbocycles. The van der Waals surface area contributed by atoms with E-state index in [1.807, 2.05) is 59.5 Å². The zero-order valence-electron chi connectivity index (χ0n) is 15.1. The first kappa shape index (κ1) is 16.8. The number of carbonyl (C=O) groups is 2. The smallest absolute Gasteiger partial charge is 0.259 e.